The summed E-state index contributed by atoms with van der Waals surface area (Å²) in [4.78, 5) is 145. The summed E-state index contributed by atoms with van der Waals surface area (Å²) in [5, 5.41) is 5.61. The second-order valence-corrected chi connectivity index (χ2v) is 55.2. The molecule has 0 radical (unpaired) electrons. The molecule has 0 N–H and O–H groups in total. The van der Waals surface area contributed by atoms with E-state index in [4.69, 9.17) is 13.6 Å². The lowest BCUT2D eigenvalue weighted by Crippen LogP contribution is -2.45. The van der Waals surface area contributed by atoms with Gasteiger partial charge in [-0.2, -0.15) is 54.5 Å². The molecule has 0 fully saturated rings. The maximum Gasteiger partial charge on any atom is 0.480 e. The van der Waals surface area contributed by atoms with Crippen LogP contribution in [-0.4, -0.2) is 124 Å². The summed E-state index contributed by atoms with van der Waals surface area (Å²) < 4.78 is 275. The number of benzene rings is 3. The molecule has 0 saturated carbocycles. The van der Waals surface area contributed by atoms with E-state index >= 15 is 84.8 Å². The zero-order valence-electron chi connectivity index (χ0n) is 76.9. The van der Waals surface area contributed by atoms with Crippen molar-refractivity contribution in [1.29, 1.82) is 0 Å². The molecule has 3 aliphatic heterocycles. The predicted octanol–water partition coefficient (Wildman–Crippen LogP) is 19.3. The number of hydrogen-bond acceptors (Lipinski definition) is 16. The second kappa shape index (κ2) is 34.8. The number of halogens is 15. The van der Waals surface area contributed by atoms with Crippen LogP contribution in [0.5, 0.6) is 0 Å². The smallest absolute Gasteiger partial charge is 0.296 e. The highest BCUT2D eigenvalue weighted by Crippen LogP contribution is 2.78. The molecular weight excluding hydrogens is 1930 g/mol. The first-order valence-electron chi connectivity index (χ1n) is 40.7. The van der Waals surface area contributed by atoms with Crippen LogP contribution < -0.4 is 33.7 Å². The summed E-state index contributed by atoms with van der Waals surface area (Å²) in [5.74, 6) is -17.0. The third kappa shape index (κ3) is 17.2. The van der Waals surface area contributed by atoms with Gasteiger partial charge in [0.1, 0.15) is 86.3 Å². The lowest BCUT2D eigenvalue weighted by Gasteiger charge is -2.55. The van der Waals surface area contributed by atoms with E-state index in [1.54, 1.807) is 125 Å². The Balaban J connectivity index is 1.16. The molecular formula is C87H96F15N12O13PS6. The molecule has 3 aromatic carbocycles. The zero-order valence-corrected chi connectivity index (χ0v) is 82.7. The van der Waals surface area contributed by atoms with Crippen LogP contribution in [0.15, 0.2) is 113 Å². The zero-order chi connectivity index (χ0) is 101. The predicted molar refractivity (Wildman–Crippen MR) is 496 cm³/mol. The van der Waals surface area contributed by atoms with Crippen LogP contribution in [0.25, 0.3) is 47.7 Å². The molecule has 25 nitrogen and oxygen atoms in total. The number of amidine groups is 3. The number of aliphatic imine (C=N–C) groups is 3. The maximum absolute atomic E-state index is 17.8. The van der Waals surface area contributed by atoms with Crippen LogP contribution >= 0.6 is 71.9 Å². The molecule has 12 rings (SSSR count). The fourth-order valence-corrected chi connectivity index (χ4v) is 37.0. The summed E-state index contributed by atoms with van der Waals surface area (Å²) in [6.07, 6.45) is -20.1. The molecule has 0 atom stereocenters. The van der Waals surface area contributed by atoms with Gasteiger partial charge in [-0.25, -0.2) is 45.3 Å². The monoisotopic (exact) mass is 2020 g/mol. The Morgan fingerprint density at radius 3 is 0.754 bits per heavy atom. The fraction of sp³-hybridized carbons (Fsp3) is 0.448. The van der Waals surface area contributed by atoms with E-state index in [1.807, 2.05) is 0 Å². The van der Waals surface area contributed by atoms with Crippen molar-refractivity contribution in [2.24, 2.45) is 57.3 Å². The van der Waals surface area contributed by atoms with Crippen molar-refractivity contribution in [3.8, 4) is 0 Å². The molecule has 0 spiro atoms. The number of thiophene rings is 3. The summed E-state index contributed by atoms with van der Waals surface area (Å²) in [6, 6.07) is 2.43. The van der Waals surface area contributed by atoms with E-state index in [0.29, 0.717) is 18.2 Å². The van der Waals surface area contributed by atoms with Gasteiger partial charge in [0.25, 0.3) is 34.4 Å². The Bertz CT molecular complexity index is 6420. The number of phosphoric acid groups is 1. The second-order valence-electron chi connectivity index (χ2n) is 37.8. The molecule has 3 amide bonds. The first-order valence-corrected chi connectivity index (χ1v) is 49.9. The SMILES string of the molecule is Cn1c(=O)c2c(CC(=O)N=C3N(COP(=O)(OCN4C(c5ccc(F)c(C(F)(F)F)c5F)=CS(C(C)(C)C)(C(C)(C)C)C4=NC(=O)Cc4csc5c4c(=O)n(C)c(=O)n5C)OCN4C(c5ccc(F)c(C(F)(F)F)c5F)=CS(C(C)(C)C)(C(C)(C)C)C4=NC(=O)Cc4csc5c4c(=O)n(C)c(=O)n5C)C(c4ccc(F)c(C(F)(F)F)c4F)=CS3(C(C)(C)C)C(C)(C)C)csc2n(C)c1=O. The maximum atomic E-state index is 17.8. The van der Waals surface area contributed by atoms with Gasteiger partial charge in [-0.15, -0.1) is 64.1 Å². The Morgan fingerprint density at radius 1 is 0.351 bits per heavy atom. The highest BCUT2D eigenvalue weighted by Gasteiger charge is 2.61. The molecule has 0 unspecified atom stereocenters. The van der Waals surface area contributed by atoms with Gasteiger partial charge in [0.15, 0.2) is 15.5 Å². The molecule has 728 valence electrons. The van der Waals surface area contributed by atoms with E-state index in [1.165, 1.54) is 53.5 Å². The van der Waals surface area contributed by atoms with Crippen molar-refractivity contribution < 1.29 is 98.4 Å². The number of hydrogen-bond donors (Lipinski definition) is 0. The molecule has 6 aromatic heterocycles. The highest BCUT2D eigenvalue weighted by molar-refractivity contribution is 8.50. The van der Waals surface area contributed by atoms with Crippen molar-refractivity contribution >= 4 is 153 Å². The quantitative estimate of drug-likeness (QED) is 0.0570. The topological polar surface area (TPSA) is 275 Å². The minimum Gasteiger partial charge on any atom is -0.296 e. The number of aryl methyl sites for hydroxylation is 3. The molecule has 3 aliphatic rings. The molecule has 0 aliphatic carbocycles. The van der Waals surface area contributed by atoms with Crippen LogP contribution in [0.1, 0.15) is 175 Å². The Hall–Kier alpha value is -9.67. The van der Waals surface area contributed by atoms with Gasteiger partial charge in [-0.05, 0) is 85.5 Å². The van der Waals surface area contributed by atoms with E-state index in [2.05, 4.69) is 15.0 Å². The van der Waals surface area contributed by atoms with Gasteiger partial charge in [0, 0.05) is 87.5 Å². The number of nitrogens with zero attached hydrogens (tertiary/aromatic N) is 12. The first kappa shape index (κ1) is 103. The lowest BCUT2D eigenvalue weighted by atomic mass is 10.1. The number of fused-ring (bicyclic) bond motifs is 3. The van der Waals surface area contributed by atoms with Gasteiger partial charge in [-0.3, -0.25) is 84.4 Å². The first-order chi connectivity index (χ1) is 61.2. The Kier molecular flexibility index (Phi) is 26.8. The third-order valence-corrected chi connectivity index (χ3v) is 44.1. The molecule has 47 heteroatoms. The van der Waals surface area contributed by atoms with Crippen LogP contribution in [0, 0.1) is 34.9 Å². The Morgan fingerprint density at radius 2 is 0.560 bits per heavy atom. The average molecular weight is 2030 g/mol. The summed E-state index contributed by atoms with van der Waals surface area (Å²) in [5.41, 5.74) is -18.3. The van der Waals surface area contributed by atoms with Crippen molar-refractivity contribution in [1.82, 2.24) is 42.1 Å². The summed E-state index contributed by atoms with van der Waals surface area (Å²) in [7, 11) is -9.58. The van der Waals surface area contributed by atoms with Crippen LogP contribution in [0.3, 0.4) is 0 Å². The van der Waals surface area contributed by atoms with Gasteiger partial charge in [0.2, 0.25) is 0 Å². The number of carbonyl (C=O) groups is 3. The normalized spacial score (nSPS) is 18.1. The van der Waals surface area contributed by atoms with Crippen LogP contribution in [0.2, 0.25) is 0 Å². The molecule has 9 aromatic rings. The fourth-order valence-electron chi connectivity index (χ4n) is 17.7. The molecule has 0 saturated heterocycles. The van der Waals surface area contributed by atoms with E-state index in [-0.39, 0.29) is 65.5 Å². The van der Waals surface area contributed by atoms with Gasteiger partial charge < -0.3 is 0 Å². The number of aromatic nitrogens is 6. The van der Waals surface area contributed by atoms with E-state index in [0.717, 1.165) is 97.3 Å². The third-order valence-electron chi connectivity index (χ3n) is 23.5. The molecule has 134 heavy (non-hydrogen) atoms. The van der Waals surface area contributed by atoms with Crippen molar-refractivity contribution in [2.45, 2.75) is 191 Å². The molecule has 9 heterocycles. The number of carbonyl (C=O) groups excluding carboxylic acids is 3. The lowest BCUT2D eigenvalue weighted by molar-refractivity contribution is -0.143. The highest BCUT2D eigenvalue weighted by atomic mass is 32.3. The largest absolute Gasteiger partial charge is 0.480 e. The minimum absolute atomic E-state index is 0.0437. The average Bonchev–Trinajstić information content (AvgIpc) is 1.55. The van der Waals surface area contributed by atoms with Crippen molar-refractivity contribution in [3.63, 3.8) is 0 Å². The van der Waals surface area contributed by atoms with Gasteiger partial charge >= 0.3 is 43.4 Å². The van der Waals surface area contributed by atoms with Gasteiger partial charge in [0.05, 0.1) is 52.5 Å². The number of alkyl halides is 9. The van der Waals surface area contributed by atoms with Gasteiger partial charge in [-0.1, -0.05) is 125 Å². The van der Waals surface area contributed by atoms with Crippen LogP contribution in [0.4, 0.5) is 65.9 Å². The van der Waals surface area contributed by atoms with Crippen molar-refractivity contribution in [3.05, 3.63) is 216 Å². The minimum atomic E-state index is -6.52. The summed E-state index contributed by atoms with van der Waals surface area (Å²) >= 11 is 2.59. The van der Waals surface area contributed by atoms with E-state index in [9.17, 15) is 28.8 Å². The number of phosphoric ester groups is 1. The van der Waals surface area contributed by atoms with E-state index < -0.39 is 277 Å². The summed E-state index contributed by atoms with van der Waals surface area (Å²) in [6.45, 7) is 23.4. The van der Waals surface area contributed by atoms with Crippen molar-refractivity contribution in [2.75, 3.05) is 20.2 Å². The number of rotatable bonds is 18. The van der Waals surface area contributed by atoms with Crippen LogP contribution in [-0.2, 0) is 113 Å². The Labute approximate surface area is 773 Å². The standard InChI is InChI=1S/C87H96F15N12O13PS6/c1-79(2,3)132(80(4,5)6)37-52(46-25-28-49(88)61(64(46)91)85(94,95)96)112(73(132)103-55(115)31-43-34-129-70-58(43)67(118)106(19)76(121)109(70)22)40-125-128(124,126-41-113-53(47-26-29-50(89)62(65(47)92)86(97,98)99)38-133(81(7,8)9,82(10,11)12)74(113)104-56(116)32-44-35-130-71-59(44)68(119)107(20)77(122)110(71)23)127-42-114-54(48-27-30-51(90)63(66(48)93)87(100,101)102)39-134(83(13,14)15,84(16,17)18)75(114)105-57(117)33-45-36-131-72-60(45)69(120)108(21)78(123)111(72)24/h25-30,34-39H,31-33,40-42H2,1-24H3. The number of amides is 3. The molecule has 0 bridgehead atoms.